The molecule has 0 saturated heterocycles. The summed E-state index contributed by atoms with van der Waals surface area (Å²) in [5.74, 6) is 1.10. The molecule has 1 atom stereocenters. The monoisotopic (exact) mass is 333 g/mol. The highest BCUT2D eigenvalue weighted by Gasteiger charge is 2.10. The van der Waals surface area contributed by atoms with Gasteiger partial charge in [0.15, 0.2) is 11.5 Å². The molecule has 0 bridgehead atoms. The van der Waals surface area contributed by atoms with Crippen molar-refractivity contribution in [2.75, 3.05) is 11.3 Å². The Kier molecular flexibility index (Phi) is 6.47. The van der Waals surface area contributed by atoms with Crippen LogP contribution in [0.4, 0.5) is 5.69 Å². The molecule has 0 aromatic heterocycles. The smallest absolute Gasteiger partial charge is 0.316 e. The molecule has 0 amide bonds. The second-order valence-electron chi connectivity index (χ2n) is 5.44. The van der Waals surface area contributed by atoms with Crippen molar-refractivity contribution < 1.29 is 13.1 Å². The molecule has 124 valence electrons. The Hall–Kier alpha value is -2.01. The average Bonchev–Trinajstić information content (AvgIpc) is 2.49. The quantitative estimate of drug-likeness (QED) is 0.721. The molecule has 1 N–H and O–H groups in total. The van der Waals surface area contributed by atoms with Crippen molar-refractivity contribution in [3.05, 3.63) is 53.6 Å². The minimum atomic E-state index is -1.69. The molecule has 0 aliphatic carbocycles. The van der Waals surface area contributed by atoms with Gasteiger partial charge in [0.1, 0.15) is 0 Å². The molecule has 5 heteroatoms. The van der Waals surface area contributed by atoms with Crippen LogP contribution in [0.2, 0.25) is 0 Å². The van der Waals surface area contributed by atoms with Crippen LogP contribution < -0.4 is 13.6 Å². The summed E-state index contributed by atoms with van der Waals surface area (Å²) in [5, 5.41) is 0. The third-order valence-electron chi connectivity index (χ3n) is 3.24. The largest absolute Gasteiger partial charge is 0.490 e. The maximum Gasteiger partial charge on any atom is 0.316 e. The molecular formula is C18H23NO3S. The minimum Gasteiger partial charge on any atom is -0.490 e. The maximum absolute atomic E-state index is 12.2. The first-order valence-corrected chi connectivity index (χ1v) is 8.83. The van der Waals surface area contributed by atoms with Gasteiger partial charge in [-0.3, -0.25) is 4.72 Å². The van der Waals surface area contributed by atoms with Gasteiger partial charge in [-0.2, -0.15) is 4.21 Å². The standard InChI is InChI=1S/C18H23NO3S/c1-4-5-11-21-17-10-9-15(3)13-18(17)22-23(20)19-16-8-6-7-14(2)12-16/h6-10,12-13,19H,4-5,11H2,1-3H3. The molecule has 0 aliphatic heterocycles. The van der Waals surface area contributed by atoms with Crippen molar-refractivity contribution in [2.24, 2.45) is 0 Å². The summed E-state index contributed by atoms with van der Waals surface area (Å²) in [6.07, 6.45) is 2.03. The molecule has 2 rings (SSSR count). The van der Waals surface area contributed by atoms with Crippen molar-refractivity contribution in [3.8, 4) is 11.5 Å². The van der Waals surface area contributed by atoms with E-state index in [-0.39, 0.29) is 0 Å². The van der Waals surface area contributed by atoms with Crippen molar-refractivity contribution >= 4 is 17.0 Å². The number of anilines is 1. The van der Waals surface area contributed by atoms with Gasteiger partial charge in [-0.15, -0.1) is 0 Å². The van der Waals surface area contributed by atoms with Crippen molar-refractivity contribution in [2.45, 2.75) is 33.6 Å². The summed E-state index contributed by atoms with van der Waals surface area (Å²) in [6.45, 7) is 6.67. The summed E-state index contributed by atoms with van der Waals surface area (Å²) >= 11 is -1.69. The van der Waals surface area contributed by atoms with Gasteiger partial charge < -0.3 is 8.92 Å². The summed E-state index contributed by atoms with van der Waals surface area (Å²) < 4.78 is 26.3. The lowest BCUT2D eigenvalue weighted by Crippen LogP contribution is -2.12. The lowest BCUT2D eigenvalue weighted by atomic mass is 10.2. The van der Waals surface area contributed by atoms with E-state index in [1.807, 2.05) is 56.3 Å². The van der Waals surface area contributed by atoms with E-state index in [4.69, 9.17) is 8.92 Å². The van der Waals surface area contributed by atoms with E-state index in [0.717, 1.165) is 29.7 Å². The Morgan fingerprint density at radius 2 is 1.83 bits per heavy atom. The van der Waals surface area contributed by atoms with E-state index >= 15 is 0 Å². The normalized spacial score (nSPS) is 11.8. The highest BCUT2D eigenvalue weighted by molar-refractivity contribution is 7.82. The van der Waals surface area contributed by atoms with Gasteiger partial charge in [0, 0.05) is 5.69 Å². The average molecular weight is 333 g/mol. The molecule has 0 radical (unpaired) electrons. The molecule has 23 heavy (non-hydrogen) atoms. The molecule has 0 aliphatic rings. The van der Waals surface area contributed by atoms with Crippen LogP contribution in [0.1, 0.15) is 30.9 Å². The number of nitrogens with one attached hydrogen (secondary N) is 1. The van der Waals surface area contributed by atoms with E-state index in [2.05, 4.69) is 11.6 Å². The topological polar surface area (TPSA) is 47.6 Å². The lowest BCUT2D eigenvalue weighted by molar-refractivity contribution is 0.301. The molecule has 2 aromatic rings. The van der Waals surface area contributed by atoms with Gasteiger partial charge in [-0.25, -0.2) is 0 Å². The highest BCUT2D eigenvalue weighted by atomic mass is 32.2. The number of unbranched alkanes of at least 4 members (excludes halogenated alkanes) is 1. The Balaban J connectivity index is 2.05. The van der Waals surface area contributed by atoms with Gasteiger partial charge in [0.05, 0.1) is 6.61 Å². The first-order valence-electron chi connectivity index (χ1n) is 7.75. The number of benzene rings is 2. The van der Waals surface area contributed by atoms with Crippen molar-refractivity contribution in [1.82, 2.24) is 0 Å². The van der Waals surface area contributed by atoms with Crippen LogP contribution in [0.3, 0.4) is 0 Å². The first-order chi connectivity index (χ1) is 11.1. The summed E-state index contributed by atoms with van der Waals surface area (Å²) in [4.78, 5) is 0. The Morgan fingerprint density at radius 3 is 2.57 bits per heavy atom. The van der Waals surface area contributed by atoms with E-state index in [1.165, 1.54) is 0 Å². The van der Waals surface area contributed by atoms with Crippen molar-refractivity contribution in [1.29, 1.82) is 0 Å². The van der Waals surface area contributed by atoms with Crippen LogP contribution in [-0.4, -0.2) is 10.8 Å². The Labute approximate surface area is 140 Å². The predicted molar refractivity (Wildman–Crippen MR) is 95.2 cm³/mol. The number of hydrogen-bond acceptors (Lipinski definition) is 3. The van der Waals surface area contributed by atoms with E-state index in [9.17, 15) is 4.21 Å². The summed E-state index contributed by atoms with van der Waals surface area (Å²) in [5.41, 5.74) is 2.87. The molecule has 1 unspecified atom stereocenters. The lowest BCUT2D eigenvalue weighted by Gasteiger charge is -2.13. The van der Waals surface area contributed by atoms with Crippen LogP contribution in [0.5, 0.6) is 11.5 Å². The third-order valence-corrected chi connectivity index (χ3v) is 3.97. The first kappa shape index (κ1) is 17.3. The van der Waals surface area contributed by atoms with Crippen LogP contribution in [0.25, 0.3) is 0 Å². The zero-order chi connectivity index (χ0) is 16.7. The second kappa shape index (κ2) is 8.58. The fourth-order valence-corrected chi connectivity index (χ4v) is 2.69. The van der Waals surface area contributed by atoms with Crippen LogP contribution in [0.15, 0.2) is 42.5 Å². The molecule has 4 nitrogen and oxygen atoms in total. The van der Waals surface area contributed by atoms with Gasteiger partial charge in [0.25, 0.3) is 0 Å². The van der Waals surface area contributed by atoms with E-state index < -0.39 is 11.3 Å². The SMILES string of the molecule is CCCCOc1ccc(C)cc1OS(=O)Nc1cccc(C)c1. The van der Waals surface area contributed by atoms with E-state index in [1.54, 1.807) is 0 Å². The number of hydrogen-bond donors (Lipinski definition) is 1. The molecular weight excluding hydrogens is 310 g/mol. The van der Waals surface area contributed by atoms with E-state index in [0.29, 0.717) is 18.1 Å². The molecule has 0 spiro atoms. The van der Waals surface area contributed by atoms with Gasteiger partial charge >= 0.3 is 11.3 Å². The molecule has 0 fully saturated rings. The van der Waals surface area contributed by atoms with Gasteiger partial charge in [0.2, 0.25) is 0 Å². The zero-order valence-corrected chi connectivity index (χ0v) is 14.6. The minimum absolute atomic E-state index is 0.486. The molecule has 2 aromatic carbocycles. The van der Waals surface area contributed by atoms with Crippen LogP contribution >= 0.6 is 0 Å². The third kappa shape index (κ3) is 5.60. The summed E-state index contributed by atoms with van der Waals surface area (Å²) in [6, 6.07) is 13.3. The number of rotatable bonds is 8. The number of ether oxygens (including phenoxy) is 1. The number of aryl methyl sites for hydroxylation is 2. The van der Waals surface area contributed by atoms with Crippen LogP contribution in [0, 0.1) is 13.8 Å². The van der Waals surface area contributed by atoms with Crippen LogP contribution in [-0.2, 0) is 11.3 Å². The second-order valence-corrected chi connectivity index (χ2v) is 6.28. The fraction of sp³-hybridized carbons (Fsp3) is 0.333. The molecule has 0 heterocycles. The van der Waals surface area contributed by atoms with Crippen molar-refractivity contribution in [3.63, 3.8) is 0 Å². The Morgan fingerprint density at radius 1 is 1.04 bits per heavy atom. The Bertz CT molecular complexity index is 673. The predicted octanol–water partition coefficient (Wildman–Crippen LogP) is 4.55. The van der Waals surface area contributed by atoms with Gasteiger partial charge in [-0.05, 0) is 55.7 Å². The maximum atomic E-state index is 12.2. The highest BCUT2D eigenvalue weighted by Crippen LogP contribution is 2.29. The molecule has 0 saturated carbocycles. The summed E-state index contributed by atoms with van der Waals surface area (Å²) in [7, 11) is 0. The fourth-order valence-electron chi connectivity index (χ4n) is 2.03. The zero-order valence-electron chi connectivity index (χ0n) is 13.8. The van der Waals surface area contributed by atoms with Gasteiger partial charge in [-0.1, -0.05) is 31.5 Å².